The lowest BCUT2D eigenvalue weighted by atomic mass is 10.0. The number of nitrogens with zero attached hydrogens (tertiary/aromatic N) is 3. The Hall–Kier alpha value is -2.21. The number of carbonyl (C=O) groups is 1. The Morgan fingerprint density at radius 2 is 2.00 bits per heavy atom. The summed E-state index contributed by atoms with van der Waals surface area (Å²) in [4.78, 5) is 18.6. The second-order valence-electron chi connectivity index (χ2n) is 4.36. The molecule has 1 aromatic heterocycles. The maximum Gasteiger partial charge on any atom is 0.248 e. The molecule has 2 aromatic rings. The van der Waals surface area contributed by atoms with Crippen LogP contribution < -0.4 is 5.32 Å². The summed E-state index contributed by atoms with van der Waals surface area (Å²) in [5, 5.41) is 9.13. The summed E-state index contributed by atoms with van der Waals surface area (Å²) in [5.74, 6) is 0.250. The highest BCUT2D eigenvalue weighted by molar-refractivity contribution is 5.94. The summed E-state index contributed by atoms with van der Waals surface area (Å²) >= 11 is 0. The van der Waals surface area contributed by atoms with Crippen LogP contribution in [0, 0.1) is 0 Å². The average Bonchev–Trinajstić information content (AvgIpc) is 2.98. The van der Waals surface area contributed by atoms with Gasteiger partial charge in [0.2, 0.25) is 11.9 Å². The molecule has 1 amide bonds. The first-order chi connectivity index (χ1) is 9.76. The molecule has 1 atom stereocenters. The van der Waals surface area contributed by atoms with Gasteiger partial charge >= 0.3 is 0 Å². The molecule has 0 aliphatic carbocycles. The molecule has 0 aliphatic rings. The molecule has 0 saturated heterocycles. The molecule has 20 heavy (non-hydrogen) atoms. The van der Waals surface area contributed by atoms with Crippen molar-refractivity contribution in [3.63, 3.8) is 0 Å². The number of benzene rings is 1. The lowest BCUT2D eigenvalue weighted by Crippen LogP contribution is -2.37. The van der Waals surface area contributed by atoms with Gasteiger partial charge in [-0.1, -0.05) is 44.2 Å². The van der Waals surface area contributed by atoms with E-state index < -0.39 is 0 Å². The number of hydrogen-bond donors (Lipinski definition) is 2. The van der Waals surface area contributed by atoms with Crippen LogP contribution in [0.5, 0.6) is 0 Å². The van der Waals surface area contributed by atoms with Crippen LogP contribution in [-0.4, -0.2) is 39.1 Å². The first kappa shape index (κ1) is 14.2. The molecule has 2 rings (SSSR count). The number of amides is 1. The third-order valence-corrected chi connectivity index (χ3v) is 3.20. The van der Waals surface area contributed by atoms with Crippen LogP contribution in [0.1, 0.15) is 25.5 Å². The van der Waals surface area contributed by atoms with E-state index in [9.17, 15) is 4.79 Å². The zero-order valence-electron chi connectivity index (χ0n) is 11.7. The van der Waals surface area contributed by atoms with Gasteiger partial charge in [0.1, 0.15) is 12.4 Å². The van der Waals surface area contributed by atoms with E-state index in [-0.39, 0.29) is 11.9 Å². The minimum atomic E-state index is -0.337. The standard InChI is InChI=1S/C14H19N5O/c1-3-19(4-2)12(11-8-6-5-7-9-11)13(20)17-14-15-10-16-18-14/h5-10,12H,3-4H2,1-2H3,(H2,15,16,17,18,20)/t12-/m0/s1. The van der Waals surface area contributed by atoms with Gasteiger partial charge in [0.15, 0.2) is 0 Å². The van der Waals surface area contributed by atoms with E-state index in [0.717, 1.165) is 18.7 Å². The van der Waals surface area contributed by atoms with Crippen molar-refractivity contribution in [3.05, 3.63) is 42.2 Å². The number of rotatable bonds is 6. The van der Waals surface area contributed by atoms with Crippen molar-refractivity contribution in [2.45, 2.75) is 19.9 Å². The summed E-state index contributed by atoms with van der Waals surface area (Å²) < 4.78 is 0. The second-order valence-corrected chi connectivity index (χ2v) is 4.36. The first-order valence-electron chi connectivity index (χ1n) is 6.71. The third-order valence-electron chi connectivity index (χ3n) is 3.20. The number of aromatic nitrogens is 3. The Morgan fingerprint density at radius 1 is 1.30 bits per heavy atom. The van der Waals surface area contributed by atoms with E-state index in [0.29, 0.717) is 5.95 Å². The van der Waals surface area contributed by atoms with Crippen LogP contribution in [0.4, 0.5) is 5.95 Å². The van der Waals surface area contributed by atoms with Gasteiger partial charge in [0.25, 0.3) is 0 Å². The number of carbonyl (C=O) groups excluding carboxylic acids is 1. The predicted molar refractivity (Wildman–Crippen MR) is 77.1 cm³/mol. The monoisotopic (exact) mass is 273 g/mol. The van der Waals surface area contributed by atoms with Crippen LogP contribution in [0.2, 0.25) is 0 Å². The predicted octanol–water partition coefficient (Wildman–Crippen LogP) is 1.83. The zero-order valence-corrected chi connectivity index (χ0v) is 11.7. The zero-order chi connectivity index (χ0) is 14.4. The number of nitrogens with one attached hydrogen (secondary N) is 2. The Kier molecular flexibility index (Phi) is 4.84. The second kappa shape index (κ2) is 6.81. The molecule has 106 valence electrons. The quantitative estimate of drug-likeness (QED) is 0.842. The molecule has 6 heteroatoms. The first-order valence-corrected chi connectivity index (χ1v) is 6.71. The molecule has 1 heterocycles. The Labute approximate surface area is 118 Å². The molecule has 6 nitrogen and oxygen atoms in total. The molecule has 2 N–H and O–H groups in total. The smallest absolute Gasteiger partial charge is 0.248 e. The Morgan fingerprint density at radius 3 is 2.55 bits per heavy atom. The van der Waals surface area contributed by atoms with Crippen molar-refractivity contribution in [1.29, 1.82) is 0 Å². The average molecular weight is 273 g/mol. The van der Waals surface area contributed by atoms with Crippen molar-refractivity contribution in [2.24, 2.45) is 0 Å². The molecular weight excluding hydrogens is 254 g/mol. The molecular formula is C14H19N5O. The summed E-state index contributed by atoms with van der Waals surface area (Å²) in [6.07, 6.45) is 1.37. The Bertz CT molecular complexity index is 522. The number of H-pyrrole nitrogens is 1. The van der Waals surface area contributed by atoms with Crippen molar-refractivity contribution in [2.75, 3.05) is 18.4 Å². The van der Waals surface area contributed by atoms with E-state index in [4.69, 9.17) is 0 Å². The molecule has 0 saturated carbocycles. The van der Waals surface area contributed by atoms with E-state index in [1.165, 1.54) is 6.33 Å². The highest BCUT2D eigenvalue weighted by atomic mass is 16.2. The van der Waals surface area contributed by atoms with E-state index >= 15 is 0 Å². The van der Waals surface area contributed by atoms with Gasteiger partial charge < -0.3 is 0 Å². The van der Waals surface area contributed by atoms with Crippen LogP contribution in [0.25, 0.3) is 0 Å². The van der Waals surface area contributed by atoms with Gasteiger partial charge in [-0.2, -0.15) is 10.1 Å². The number of aromatic amines is 1. The van der Waals surface area contributed by atoms with Crippen molar-refractivity contribution in [1.82, 2.24) is 20.1 Å². The highest BCUT2D eigenvalue weighted by Gasteiger charge is 2.26. The number of hydrogen-bond acceptors (Lipinski definition) is 4. The number of likely N-dealkylation sites (N-methyl/N-ethyl adjacent to an activating group) is 1. The summed E-state index contributed by atoms with van der Waals surface area (Å²) in [6, 6.07) is 9.40. The minimum Gasteiger partial charge on any atom is -0.293 e. The molecule has 0 spiro atoms. The van der Waals surface area contributed by atoms with Gasteiger partial charge in [0, 0.05) is 0 Å². The van der Waals surface area contributed by atoms with Crippen molar-refractivity contribution >= 4 is 11.9 Å². The van der Waals surface area contributed by atoms with Crippen molar-refractivity contribution in [3.8, 4) is 0 Å². The molecule has 0 unspecified atom stereocenters. The van der Waals surface area contributed by atoms with Crippen molar-refractivity contribution < 1.29 is 4.79 Å². The van der Waals surface area contributed by atoms with Gasteiger partial charge in [0.05, 0.1) is 0 Å². The summed E-state index contributed by atoms with van der Waals surface area (Å²) in [6.45, 7) is 5.67. The Balaban J connectivity index is 2.24. The molecule has 0 bridgehead atoms. The van der Waals surface area contributed by atoms with Crippen LogP contribution >= 0.6 is 0 Å². The van der Waals surface area contributed by atoms with Crippen LogP contribution in [-0.2, 0) is 4.79 Å². The van der Waals surface area contributed by atoms with Gasteiger partial charge in [-0.25, -0.2) is 5.10 Å². The van der Waals surface area contributed by atoms with E-state index in [1.807, 2.05) is 44.2 Å². The fourth-order valence-corrected chi connectivity index (χ4v) is 2.20. The maximum atomic E-state index is 12.5. The molecule has 0 fully saturated rings. The molecule has 0 radical (unpaired) electrons. The minimum absolute atomic E-state index is 0.114. The SMILES string of the molecule is CCN(CC)[C@H](C(=O)Nc1ncn[nH]1)c1ccccc1. The lowest BCUT2D eigenvalue weighted by Gasteiger charge is -2.28. The molecule has 0 aliphatic heterocycles. The third kappa shape index (κ3) is 3.21. The van der Waals surface area contributed by atoms with Crippen LogP contribution in [0.3, 0.4) is 0 Å². The number of anilines is 1. The van der Waals surface area contributed by atoms with E-state index in [1.54, 1.807) is 0 Å². The molecule has 1 aromatic carbocycles. The van der Waals surface area contributed by atoms with E-state index in [2.05, 4.69) is 25.4 Å². The fraction of sp³-hybridized carbons (Fsp3) is 0.357. The fourth-order valence-electron chi connectivity index (χ4n) is 2.20. The maximum absolute atomic E-state index is 12.5. The van der Waals surface area contributed by atoms with Crippen LogP contribution in [0.15, 0.2) is 36.7 Å². The van der Waals surface area contributed by atoms with Gasteiger partial charge in [-0.3, -0.25) is 15.0 Å². The normalized spacial score (nSPS) is 12.3. The van der Waals surface area contributed by atoms with Gasteiger partial charge in [-0.15, -0.1) is 0 Å². The lowest BCUT2D eigenvalue weighted by molar-refractivity contribution is -0.121. The highest BCUT2D eigenvalue weighted by Crippen LogP contribution is 2.21. The topological polar surface area (TPSA) is 73.9 Å². The van der Waals surface area contributed by atoms with Gasteiger partial charge in [-0.05, 0) is 18.7 Å². The summed E-state index contributed by atoms with van der Waals surface area (Å²) in [5.41, 5.74) is 0.966. The largest absolute Gasteiger partial charge is 0.293 e. The summed E-state index contributed by atoms with van der Waals surface area (Å²) in [7, 11) is 0.